The molecule has 192 valence electrons. The van der Waals surface area contributed by atoms with Crippen LogP contribution in [-0.4, -0.2) is 69.7 Å². The Morgan fingerprint density at radius 1 is 1.05 bits per heavy atom. The van der Waals surface area contributed by atoms with Gasteiger partial charge >= 0.3 is 0 Å². The highest BCUT2D eigenvalue weighted by Gasteiger charge is 2.66. The molecule has 2 saturated heterocycles. The summed E-state index contributed by atoms with van der Waals surface area (Å²) < 4.78 is 7.06. The molecule has 2 unspecified atom stereocenters. The topological polar surface area (TPSA) is 80.6 Å². The molecule has 6 rings (SSSR count). The second kappa shape index (κ2) is 9.65. The van der Waals surface area contributed by atoms with Gasteiger partial charge < -0.3 is 14.5 Å². The van der Waals surface area contributed by atoms with E-state index in [0.717, 1.165) is 50.1 Å². The van der Waals surface area contributed by atoms with Crippen LogP contribution in [-0.2, 0) is 17.8 Å². The van der Waals surface area contributed by atoms with Gasteiger partial charge in [0.05, 0.1) is 13.7 Å². The lowest BCUT2D eigenvalue weighted by molar-refractivity contribution is -0.136. The maximum atomic E-state index is 13.4. The molecule has 1 aliphatic carbocycles. The Labute approximate surface area is 217 Å². The Morgan fingerprint density at radius 2 is 1.86 bits per heavy atom. The smallest absolute Gasteiger partial charge is 0.293 e. The van der Waals surface area contributed by atoms with Crippen molar-refractivity contribution < 1.29 is 14.3 Å². The van der Waals surface area contributed by atoms with E-state index in [1.807, 2.05) is 42.5 Å². The van der Waals surface area contributed by atoms with Crippen molar-refractivity contribution in [1.82, 2.24) is 24.6 Å². The number of carbonyl (C=O) groups excluding carboxylic acids is 2. The first-order chi connectivity index (χ1) is 18.0. The van der Waals surface area contributed by atoms with Crippen LogP contribution in [0.3, 0.4) is 0 Å². The van der Waals surface area contributed by atoms with Gasteiger partial charge in [-0.3, -0.25) is 9.59 Å². The zero-order valence-electron chi connectivity index (χ0n) is 21.3. The maximum Gasteiger partial charge on any atom is 0.293 e. The third-order valence-corrected chi connectivity index (χ3v) is 8.19. The molecule has 2 amide bonds. The van der Waals surface area contributed by atoms with E-state index in [9.17, 15) is 9.59 Å². The largest absolute Gasteiger partial charge is 0.497 e. The highest BCUT2D eigenvalue weighted by Crippen LogP contribution is 2.59. The van der Waals surface area contributed by atoms with E-state index in [2.05, 4.69) is 27.1 Å². The number of methoxy groups -OCH3 is 1. The third kappa shape index (κ3) is 4.84. The van der Waals surface area contributed by atoms with Crippen LogP contribution in [0.1, 0.15) is 41.0 Å². The molecule has 8 nitrogen and oxygen atoms in total. The number of carbonyl (C=O) groups is 2. The predicted octanol–water partition coefficient (Wildman–Crippen LogP) is 3.28. The van der Waals surface area contributed by atoms with Crippen molar-refractivity contribution >= 4 is 11.8 Å². The molecule has 37 heavy (non-hydrogen) atoms. The molecule has 0 radical (unpaired) electrons. The van der Waals surface area contributed by atoms with Crippen molar-refractivity contribution in [3.05, 3.63) is 77.9 Å². The molecule has 2 aromatic carbocycles. The number of aromatic nitrogens is 3. The Balaban J connectivity index is 1.01. The fraction of sp³-hybridized carbons (Fsp3) is 0.448. The van der Waals surface area contributed by atoms with E-state index in [-0.39, 0.29) is 29.0 Å². The normalized spacial score (nSPS) is 22.0. The Hall–Kier alpha value is -3.68. The van der Waals surface area contributed by atoms with Crippen LogP contribution >= 0.6 is 0 Å². The van der Waals surface area contributed by atoms with Gasteiger partial charge in [0.15, 0.2) is 0 Å². The van der Waals surface area contributed by atoms with E-state index in [1.165, 1.54) is 5.56 Å². The van der Waals surface area contributed by atoms with Gasteiger partial charge in [0.2, 0.25) is 11.7 Å². The van der Waals surface area contributed by atoms with Gasteiger partial charge in [-0.05, 0) is 54.9 Å². The Morgan fingerprint density at radius 3 is 2.68 bits per heavy atom. The molecule has 0 bridgehead atoms. The van der Waals surface area contributed by atoms with Crippen LogP contribution in [0.5, 0.6) is 5.75 Å². The van der Waals surface area contributed by atoms with Gasteiger partial charge in [-0.2, -0.15) is 0 Å². The van der Waals surface area contributed by atoms with Crippen LogP contribution in [0, 0.1) is 17.3 Å². The van der Waals surface area contributed by atoms with Crippen LogP contribution in [0.15, 0.2) is 60.9 Å². The van der Waals surface area contributed by atoms with Crippen molar-refractivity contribution in [2.45, 2.75) is 32.2 Å². The lowest BCUT2D eigenvalue weighted by Crippen LogP contribution is -2.54. The number of rotatable bonds is 7. The van der Waals surface area contributed by atoms with Gasteiger partial charge in [0, 0.05) is 37.5 Å². The lowest BCUT2D eigenvalue weighted by Gasteiger charge is -2.41. The summed E-state index contributed by atoms with van der Waals surface area (Å²) in [7, 11) is 1.69. The number of piperidine rings is 1. The minimum Gasteiger partial charge on any atom is -0.497 e. The summed E-state index contributed by atoms with van der Waals surface area (Å²) in [5.41, 5.74) is 2.32. The molecule has 3 aromatic rings. The molecular weight excluding hydrogens is 466 g/mol. The van der Waals surface area contributed by atoms with Crippen LogP contribution in [0.2, 0.25) is 0 Å². The molecule has 1 aromatic heterocycles. The number of amides is 2. The van der Waals surface area contributed by atoms with E-state index in [0.29, 0.717) is 25.6 Å². The minimum atomic E-state index is -0.146. The molecule has 2 atom stereocenters. The number of hydrogen-bond donors (Lipinski definition) is 0. The fourth-order valence-electron chi connectivity index (χ4n) is 6.07. The van der Waals surface area contributed by atoms with Crippen molar-refractivity contribution in [2.75, 3.05) is 33.3 Å². The summed E-state index contributed by atoms with van der Waals surface area (Å²) in [6, 6.07) is 18.2. The fourth-order valence-corrected chi connectivity index (χ4v) is 6.07. The van der Waals surface area contributed by atoms with Crippen LogP contribution in [0.4, 0.5) is 0 Å². The van der Waals surface area contributed by atoms with Gasteiger partial charge in [0.25, 0.3) is 5.91 Å². The van der Waals surface area contributed by atoms with Gasteiger partial charge in [-0.25, -0.2) is 9.67 Å². The predicted molar refractivity (Wildman–Crippen MR) is 138 cm³/mol. The molecule has 8 heteroatoms. The number of hydrogen-bond acceptors (Lipinski definition) is 5. The monoisotopic (exact) mass is 499 g/mol. The zero-order valence-corrected chi connectivity index (χ0v) is 21.3. The molecule has 0 N–H and O–H groups in total. The molecule has 1 spiro atoms. The average Bonchev–Trinajstić information content (AvgIpc) is 3.50. The van der Waals surface area contributed by atoms with Crippen LogP contribution in [0.25, 0.3) is 0 Å². The molecule has 2 aliphatic heterocycles. The number of likely N-dealkylation sites (tertiary alicyclic amines) is 2. The molecule has 3 heterocycles. The first kappa shape index (κ1) is 23.7. The SMILES string of the molecule is COc1cccc(CC2CCCN(C(=O)C3CC34CN(C(=O)c3ncn(Cc5ccccc5)n3)C4)C2)c1. The third-order valence-electron chi connectivity index (χ3n) is 8.19. The second-order valence-corrected chi connectivity index (χ2v) is 10.9. The number of ether oxygens (including phenoxy) is 1. The Bertz CT molecular complexity index is 1280. The average molecular weight is 500 g/mol. The molecule has 3 fully saturated rings. The highest BCUT2D eigenvalue weighted by molar-refractivity contribution is 5.92. The lowest BCUT2D eigenvalue weighted by atomic mass is 9.89. The molecule has 1 saturated carbocycles. The van der Waals surface area contributed by atoms with Crippen molar-refractivity contribution in [3.63, 3.8) is 0 Å². The van der Waals surface area contributed by atoms with Crippen molar-refractivity contribution in [2.24, 2.45) is 17.3 Å². The maximum absolute atomic E-state index is 13.4. The van der Waals surface area contributed by atoms with E-state index >= 15 is 0 Å². The van der Waals surface area contributed by atoms with Gasteiger partial charge in [-0.1, -0.05) is 42.5 Å². The van der Waals surface area contributed by atoms with E-state index in [1.54, 1.807) is 23.0 Å². The van der Waals surface area contributed by atoms with Crippen LogP contribution < -0.4 is 4.74 Å². The number of benzene rings is 2. The second-order valence-electron chi connectivity index (χ2n) is 10.9. The Kier molecular flexibility index (Phi) is 6.18. The van der Waals surface area contributed by atoms with Crippen molar-refractivity contribution in [1.29, 1.82) is 0 Å². The zero-order chi connectivity index (χ0) is 25.4. The molecular formula is C29H33N5O3. The summed E-state index contributed by atoms with van der Waals surface area (Å²) in [6.45, 7) is 3.48. The van der Waals surface area contributed by atoms with Gasteiger partial charge in [-0.15, -0.1) is 5.10 Å². The highest BCUT2D eigenvalue weighted by atomic mass is 16.5. The van der Waals surface area contributed by atoms with E-state index < -0.39 is 0 Å². The summed E-state index contributed by atoms with van der Waals surface area (Å²) in [5, 5.41) is 4.39. The quantitative estimate of drug-likeness (QED) is 0.499. The summed E-state index contributed by atoms with van der Waals surface area (Å²) in [6.07, 6.45) is 5.63. The standard InChI is InChI=1S/C29H33N5O3/c1-37-24-11-5-9-22(14-24)13-23-10-6-12-32(16-23)27(35)25-15-29(25)18-33(19-29)28(36)26-30-20-34(31-26)17-21-7-3-2-4-8-21/h2-5,7-9,11,14,20,23,25H,6,10,12-13,15-19H2,1H3. The van der Waals surface area contributed by atoms with Crippen molar-refractivity contribution in [3.8, 4) is 5.75 Å². The van der Waals surface area contributed by atoms with E-state index in [4.69, 9.17) is 4.74 Å². The van der Waals surface area contributed by atoms with Gasteiger partial charge in [0.1, 0.15) is 12.1 Å². The summed E-state index contributed by atoms with van der Waals surface area (Å²) >= 11 is 0. The first-order valence-corrected chi connectivity index (χ1v) is 13.2. The summed E-state index contributed by atoms with van der Waals surface area (Å²) in [4.78, 5) is 34.4. The minimum absolute atomic E-state index is 0.0377. The summed E-state index contributed by atoms with van der Waals surface area (Å²) in [5.74, 6) is 1.74. The number of nitrogens with zero attached hydrogens (tertiary/aromatic N) is 5. The first-order valence-electron chi connectivity index (χ1n) is 13.2. The molecule has 3 aliphatic rings.